The predicted molar refractivity (Wildman–Crippen MR) is 113 cm³/mol. The number of imidazole rings is 1. The van der Waals surface area contributed by atoms with Gasteiger partial charge < -0.3 is 14.4 Å². The van der Waals surface area contributed by atoms with Gasteiger partial charge in [0.25, 0.3) is 0 Å². The van der Waals surface area contributed by atoms with Crippen LogP contribution in [0.3, 0.4) is 0 Å². The molecule has 1 saturated carbocycles. The van der Waals surface area contributed by atoms with Gasteiger partial charge in [-0.1, -0.05) is 49.6 Å². The SMILES string of the molecule is Cc1cccc(C)c1OC[C@@H](O)Cn1c(C2CCCCC2)nc2ccccc21. The van der Waals surface area contributed by atoms with Gasteiger partial charge in [0.15, 0.2) is 0 Å². The van der Waals surface area contributed by atoms with Crippen molar-refractivity contribution < 1.29 is 9.84 Å². The van der Waals surface area contributed by atoms with Crippen LogP contribution in [0.2, 0.25) is 0 Å². The third kappa shape index (κ3) is 3.93. The zero-order valence-electron chi connectivity index (χ0n) is 16.9. The molecule has 4 nitrogen and oxygen atoms in total. The number of fused-ring (bicyclic) bond motifs is 1. The molecule has 1 aliphatic rings. The third-order valence-corrected chi connectivity index (χ3v) is 5.88. The molecule has 1 N–H and O–H groups in total. The topological polar surface area (TPSA) is 47.3 Å². The van der Waals surface area contributed by atoms with E-state index in [2.05, 4.69) is 16.7 Å². The lowest BCUT2D eigenvalue weighted by Gasteiger charge is -2.23. The highest BCUT2D eigenvalue weighted by Crippen LogP contribution is 2.34. The molecule has 3 aromatic rings. The quantitative estimate of drug-likeness (QED) is 0.646. The fraction of sp³-hybridized carbons (Fsp3) is 0.458. The van der Waals surface area contributed by atoms with Crippen LogP contribution >= 0.6 is 0 Å². The fourth-order valence-electron chi connectivity index (χ4n) is 4.43. The lowest BCUT2D eigenvalue weighted by molar-refractivity contribution is 0.0915. The smallest absolute Gasteiger partial charge is 0.125 e. The standard InChI is InChI=1S/C24H30N2O2/c1-17-9-8-10-18(2)23(17)28-16-20(27)15-26-22-14-7-6-13-21(22)25-24(26)19-11-4-3-5-12-19/h6-10,13-14,19-20,27H,3-5,11-12,15-16H2,1-2H3/t20-/m0/s1. The van der Waals surface area contributed by atoms with E-state index in [9.17, 15) is 5.11 Å². The van der Waals surface area contributed by atoms with Crippen molar-refractivity contribution in [2.75, 3.05) is 6.61 Å². The number of aliphatic hydroxyl groups excluding tert-OH is 1. The molecule has 1 heterocycles. The Labute approximate surface area is 167 Å². The molecule has 4 heteroatoms. The number of rotatable bonds is 6. The predicted octanol–water partition coefficient (Wildman–Crippen LogP) is 5.14. The van der Waals surface area contributed by atoms with E-state index in [1.807, 2.05) is 44.2 Å². The molecule has 148 valence electrons. The van der Waals surface area contributed by atoms with Crippen molar-refractivity contribution in [3.8, 4) is 5.75 Å². The van der Waals surface area contributed by atoms with Crippen LogP contribution in [0.4, 0.5) is 0 Å². The van der Waals surface area contributed by atoms with Crippen molar-refractivity contribution in [2.45, 2.75) is 64.5 Å². The van der Waals surface area contributed by atoms with Gasteiger partial charge in [-0.3, -0.25) is 0 Å². The van der Waals surface area contributed by atoms with Crippen molar-refractivity contribution in [3.05, 3.63) is 59.4 Å². The zero-order valence-corrected chi connectivity index (χ0v) is 16.9. The molecule has 1 aliphatic carbocycles. The second-order valence-corrected chi connectivity index (χ2v) is 8.09. The number of hydrogen-bond acceptors (Lipinski definition) is 3. The summed E-state index contributed by atoms with van der Waals surface area (Å²) < 4.78 is 8.22. The Kier molecular flexibility index (Phi) is 5.67. The molecule has 1 atom stereocenters. The van der Waals surface area contributed by atoms with Crippen molar-refractivity contribution in [2.24, 2.45) is 0 Å². The first-order chi connectivity index (χ1) is 13.6. The Morgan fingerprint density at radius 3 is 2.50 bits per heavy atom. The maximum Gasteiger partial charge on any atom is 0.125 e. The van der Waals surface area contributed by atoms with Gasteiger partial charge >= 0.3 is 0 Å². The monoisotopic (exact) mass is 378 g/mol. The summed E-state index contributed by atoms with van der Waals surface area (Å²) in [6, 6.07) is 14.4. The van der Waals surface area contributed by atoms with Crippen LogP contribution in [0.1, 0.15) is 55.0 Å². The molecule has 0 saturated heterocycles. The van der Waals surface area contributed by atoms with E-state index < -0.39 is 6.10 Å². The van der Waals surface area contributed by atoms with E-state index in [4.69, 9.17) is 9.72 Å². The largest absolute Gasteiger partial charge is 0.490 e. The van der Waals surface area contributed by atoms with E-state index in [1.165, 1.54) is 32.1 Å². The minimum Gasteiger partial charge on any atom is -0.490 e. The van der Waals surface area contributed by atoms with Gasteiger partial charge in [0.05, 0.1) is 17.6 Å². The van der Waals surface area contributed by atoms with Crippen LogP contribution in [0.5, 0.6) is 5.75 Å². The minimum absolute atomic E-state index is 0.280. The van der Waals surface area contributed by atoms with E-state index in [-0.39, 0.29) is 6.61 Å². The molecule has 2 aromatic carbocycles. The molecule has 1 aromatic heterocycles. The Bertz CT molecular complexity index is 921. The summed E-state index contributed by atoms with van der Waals surface area (Å²) in [5, 5.41) is 10.8. The van der Waals surface area contributed by atoms with Gasteiger partial charge in [-0.15, -0.1) is 0 Å². The van der Waals surface area contributed by atoms with Crippen molar-refractivity contribution >= 4 is 11.0 Å². The molecular weight excluding hydrogens is 348 g/mol. The average molecular weight is 379 g/mol. The molecular formula is C24H30N2O2. The van der Waals surface area contributed by atoms with Gasteiger partial charge in [-0.25, -0.2) is 4.98 Å². The number of aromatic nitrogens is 2. The molecule has 0 amide bonds. The van der Waals surface area contributed by atoms with E-state index in [0.717, 1.165) is 33.7 Å². The summed E-state index contributed by atoms with van der Waals surface area (Å²) in [5.41, 5.74) is 4.33. The first-order valence-electron chi connectivity index (χ1n) is 10.5. The summed E-state index contributed by atoms with van der Waals surface area (Å²) in [4.78, 5) is 4.95. The number of nitrogens with zero attached hydrogens (tertiary/aromatic N) is 2. The molecule has 0 radical (unpaired) electrons. The summed E-state index contributed by atoms with van der Waals surface area (Å²) in [6.45, 7) is 4.87. The number of aliphatic hydroxyl groups is 1. The first-order valence-corrected chi connectivity index (χ1v) is 10.5. The van der Waals surface area contributed by atoms with Crippen molar-refractivity contribution in [1.29, 1.82) is 0 Å². The normalized spacial score (nSPS) is 16.4. The molecule has 0 spiro atoms. The Morgan fingerprint density at radius 1 is 1.04 bits per heavy atom. The van der Waals surface area contributed by atoms with Crippen LogP contribution in [-0.2, 0) is 6.54 Å². The maximum absolute atomic E-state index is 10.8. The fourth-order valence-corrected chi connectivity index (χ4v) is 4.43. The van der Waals surface area contributed by atoms with Gasteiger partial charge in [0, 0.05) is 5.92 Å². The van der Waals surface area contributed by atoms with E-state index in [0.29, 0.717) is 12.5 Å². The van der Waals surface area contributed by atoms with Crippen molar-refractivity contribution in [3.63, 3.8) is 0 Å². The highest BCUT2D eigenvalue weighted by atomic mass is 16.5. The van der Waals surface area contributed by atoms with E-state index in [1.54, 1.807) is 0 Å². The number of aryl methyl sites for hydroxylation is 2. The van der Waals surface area contributed by atoms with Crippen LogP contribution in [0.25, 0.3) is 11.0 Å². The van der Waals surface area contributed by atoms with Crippen LogP contribution in [-0.4, -0.2) is 27.4 Å². The number of benzene rings is 2. The summed E-state index contributed by atoms with van der Waals surface area (Å²) in [5.74, 6) is 2.50. The summed E-state index contributed by atoms with van der Waals surface area (Å²) in [6.07, 6.45) is 5.66. The van der Waals surface area contributed by atoms with Gasteiger partial charge in [-0.2, -0.15) is 0 Å². The number of ether oxygens (including phenoxy) is 1. The highest BCUT2D eigenvalue weighted by molar-refractivity contribution is 5.76. The second-order valence-electron chi connectivity index (χ2n) is 8.09. The molecule has 0 aliphatic heterocycles. The molecule has 28 heavy (non-hydrogen) atoms. The Balaban J connectivity index is 1.54. The molecule has 4 rings (SSSR count). The van der Waals surface area contributed by atoms with Gasteiger partial charge in [-0.05, 0) is 49.9 Å². The minimum atomic E-state index is -0.584. The number of hydrogen-bond donors (Lipinski definition) is 1. The van der Waals surface area contributed by atoms with E-state index >= 15 is 0 Å². The summed E-state index contributed by atoms with van der Waals surface area (Å²) in [7, 11) is 0. The van der Waals surface area contributed by atoms with Gasteiger partial charge in [0.1, 0.15) is 24.3 Å². The van der Waals surface area contributed by atoms with Crippen LogP contribution in [0.15, 0.2) is 42.5 Å². The van der Waals surface area contributed by atoms with Gasteiger partial charge in [0.2, 0.25) is 0 Å². The van der Waals surface area contributed by atoms with Crippen LogP contribution < -0.4 is 4.74 Å². The molecule has 0 bridgehead atoms. The number of para-hydroxylation sites is 3. The lowest BCUT2D eigenvalue weighted by Crippen LogP contribution is -2.26. The molecule has 1 fully saturated rings. The van der Waals surface area contributed by atoms with Crippen LogP contribution in [0, 0.1) is 13.8 Å². The first kappa shape index (κ1) is 19.0. The molecule has 0 unspecified atom stereocenters. The summed E-state index contributed by atoms with van der Waals surface area (Å²) >= 11 is 0. The Hall–Kier alpha value is -2.33. The Morgan fingerprint density at radius 2 is 1.75 bits per heavy atom. The third-order valence-electron chi connectivity index (χ3n) is 5.88. The lowest BCUT2D eigenvalue weighted by atomic mass is 9.88. The van der Waals surface area contributed by atoms with Crippen molar-refractivity contribution in [1.82, 2.24) is 9.55 Å². The zero-order chi connectivity index (χ0) is 19.5. The maximum atomic E-state index is 10.8. The second kappa shape index (κ2) is 8.36. The highest BCUT2D eigenvalue weighted by Gasteiger charge is 2.23. The average Bonchev–Trinajstić information content (AvgIpc) is 3.07.